The molecule has 6 N–H and O–H groups in total. The predicted molar refractivity (Wildman–Crippen MR) is 103 cm³/mol. The minimum absolute atomic E-state index is 0. The van der Waals surface area contributed by atoms with E-state index in [-0.39, 0.29) is 48.7 Å². The summed E-state index contributed by atoms with van der Waals surface area (Å²) in [5, 5.41) is 6.68. The Morgan fingerprint density at radius 3 is 2.13 bits per heavy atom. The standard InChI is InChI=1S/C13H26N6O.3ClH/c14-5-1-6-16-7-2-8-17-9-3-10-19-11-4-12(15)18-13(19)20;;;/h4,11,16-17H,1-3,5-10,14H2,(H2,15,18,20);3*1H. The fourth-order valence-corrected chi connectivity index (χ4v) is 1.80. The lowest BCUT2D eigenvalue weighted by molar-refractivity contribution is 0.543. The highest BCUT2D eigenvalue weighted by atomic mass is 35.5. The van der Waals surface area contributed by atoms with E-state index in [4.69, 9.17) is 11.5 Å². The minimum atomic E-state index is -0.283. The number of nitrogen functional groups attached to an aromatic ring is 1. The smallest absolute Gasteiger partial charge is 0.349 e. The molecule has 0 amide bonds. The average Bonchev–Trinajstić information content (AvgIpc) is 2.43. The molecular weight excluding hydrogens is 363 g/mol. The lowest BCUT2D eigenvalue weighted by Gasteiger charge is -2.07. The molecule has 0 fully saturated rings. The molecule has 1 heterocycles. The molecule has 1 aromatic heterocycles. The summed E-state index contributed by atoms with van der Waals surface area (Å²) in [4.78, 5) is 15.2. The van der Waals surface area contributed by atoms with E-state index in [0.717, 1.165) is 52.0 Å². The van der Waals surface area contributed by atoms with Crippen LogP contribution in [0.3, 0.4) is 0 Å². The van der Waals surface area contributed by atoms with Gasteiger partial charge in [-0.05, 0) is 58.1 Å². The molecule has 1 rings (SSSR count). The molecule has 0 aromatic carbocycles. The average molecular weight is 392 g/mol. The van der Waals surface area contributed by atoms with Gasteiger partial charge in [0.2, 0.25) is 0 Å². The van der Waals surface area contributed by atoms with E-state index in [1.54, 1.807) is 16.8 Å². The Morgan fingerprint density at radius 2 is 1.57 bits per heavy atom. The highest BCUT2D eigenvalue weighted by molar-refractivity contribution is 5.86. The van der Waals surface area contributed by atoms with Gasteiger partial charge in [0.15, 0.2) is 0 Å². The van der Waals surface area contributed by atoms with Gasteiger partial charge in [-0.3, -0.25) is 4.57 Å². The van der Waals surface area contributed by atoms with E-state index in [1.165, 1.54) is 0 Å². The van der Waals surface area contributed by atoms with Gasteiger partial charge in [0, 0.05) is 12.7 Å². The molecule has 23 heavy (non-hydrogen) atoms. The summed E-state index contributed by atoms with van der Waals surface area (Å²) in [7, 11) is 0. The van der Waals surface area contributed by atoms with Gasteiger partial charge in [-0.15, -0.1) is 37.2 Å². The normalized spacial score (nSPS) is 9.43. The molecule has 1 aromatic rings. The van der Waals surface area contributed by atoms with E-state index in [0.29, 0.717) is 6.54 Å². The molecule has 7 nitrogen and oxygen atoms in total. The van der Waals surface area contributed by atoms with Crippen molar-refractivity contribution >= 4 is 43.0 Å². The summed E-state index contributed by atoms with van der Waals surface area (Å²) < 4.78 is 1.58. The highest BCUT2D eigenvalue weighted by Crippen LogP contribution is 1.91. The number of aryl methyl sites for hydroxylation is 1. The van der Waals surface area contributed by atoms with Crippen molar-refractivity contribution in [1.82, 2.24) is 20.2 Å². The van der Waals surface area contributed by atoms with Crippen LogP contribution in [0.2, 0.25) is 0 Å². The zero-order chi connectivity index (χ0) is 14.6. The van der Waals surface area contributed by atoms with Crippen LogP contribution in [0.15, 0.2) is 17.1 Å². The lowest BCUT2D eigenvalue weighted by atomic mass is 10.3. The van der Waals surface area contributed by atoms with Crippen molar-refractivity contribution < 1.29 is 0 Å². The van der Waals surface area contributed by atoms with Crippen LogP contribution in [0.5, 0.6) is 0 Å². The summed E-state index contributed by atoms with van der Waals surface area (Å²) in [6.45, 7) is 5.26. The quantitative estimate of drug-likeness (QED) is 0.406. The topological polar surface area (TPSA) is 111 Å². The second-order valence-electron chi connectivity index (χ2n) is 4.68. The zero-order valence-electron chi connectivity index (χ0n) is 13.2. The van der Waals surface area contributed by atoms with Crippen molar-refractivity contribution in [3.05, 3.63) is 22.7 Å². The predicted octanol–water partition coefficient (Wildman–Crippen LogP) is 0.399. The van der Waals surface area contributed by atoms with E-state index in [1.807, 2.05) is 0 Å². The van der Waals surface area contributed by atoms with Crippen LogP contribution in [0, 0.1) is 0 Å². The van der Waals surface area contributed by atoms with Gasteiger partial charge in [0.1, 0.15) is 5.82 Å². The summed E-state index contributed by atoms with van der Waals surface area (Å²) in [5.74, 6) is 0.270. The molecule has 0 aliphatic heterocycles. The van der Waals surface area contributed by atoms with Crippen LogP contribution in [0.1, 0.15) is 19.3 Å². The van der Waals surface area contributed by atoms with Gasteiger partial charge in [0.05, 0.1) is 0 Å². The molecule has 10 heteroatoms. The highest BCUT2D eigenvalue weighted by Gasteiger charge is 1.97. The summed E-state index contributed by atoms with van der Waals surface area (Å²) >= 11 is 0. The third kappa shape index (κ3) is 13.6. The summed E-state index contributed by atoms with van der Waals surface area (Å²) in [6.07, 6.45) is 4.70. The molecule has 0 saturated carbocycles. The fourth-order valence-electron chi connectivity index (χ4n) is 1.80. The number of nitrogens with two attached hydrogens (primary N) is 2. The molecule has 0 unspecified atom stereocenters. The van der Waals surface area contributed by atoms with E-state index >= 15 is 0 Å². The largest absolute Gasteiger partial charge is 0.383 e. The van der Waals surface area contributed by atoms with Gasteiger partial charge in [-0.25, -0.2) is 4.79 Å². The second kappa shape index (κ2) is 17.8. The van der Waals surface area contributed by atoms with Crippen LogP contribution in [-0.2, 0) is 6.54 Å². The number of aromatic nitrogens is 2. The van der Waals surface area contributed by atoms with Crippen LogP contribution >= 0.6 is 37.2 Å². The third-order valence-corrected chi connectivity index (χ3v) is 2.91. The van der Waals surface area contributed by atoms with E-state index in [9.17, 15) is 4.79 Å². The first kappa shape index (κ1) is 27.3. The fraction of sp³-hybridized carbons (Fsp3) is 0.692. The minimum Gasteiger partial charge on any atom is -0.383 e. The maximum absolute atomic E-state index is 11.5. The SMILES string of the molecule is Cl.Cl.Cl.NCCCNCCCNCCCn1ccc(N)nc1=O. The lowest BCUT2D eigenvalue weighted by Crippen LogP contribution is -2.27. The molecule has 0 bridgehead atoms. The van der Waals surface area contributed by atoms with Crippen molar-refractivity contribution in [3.8, 4) is 0 Å². The Hall–Kier alpha value is -0.570. The Balaban J connectivity index is -0.00000133. The number of halogens is 3. The van der Waals surface area contributed by atoms with Gasteiger partial charge in [-0.1, -0.05) is 0 Å². The van der Waals surface area contributed by atoms with Crippen LogP contribution in [0.4, 0.5) is 5.82 Å². The van der Waals surface area contributed by atoms with Crippen LogP contribution in [0.25, 0.3) is 0 Å². The second-order valence-corrected chi connectivity index (χ2v) is 4.68. The van der Waals surface area contributed by atoms with Crippen molar-refractivity contribution in [1.29, 1.82) is 0 Å². The Kier molecular flexibility index (Phi) is 21.1. The molecule has 0 spiro atoms. The Bertz CT molecular complexity index is 432. The maximum Gasteiger partial charge on any atom is 0.349 e. The number of rotatable bonds is 11. The molecule has 0 saturated heterocycles. The van der Waals surface area contributed by atoms with Gasteiger partial charge >= 0.3 is 5.69 Å². The Labute approximate surface area is 156 Å². The van der Waals surface area contributed by atoms with Crippen LogP contribution in [-0.4, -0.2) is 42.3 Å². The van der Waals surface area contributed by atoms with Gasteiger partial charge in [0.25, 0.3) is 0 Å². The molecule has 0 radical (unpaired) electrons. The number of anilines is 1. The van der Waals surface area contributed by atoms with Crippen molar-refractivity contribution in [2.24, 2.45) is 5.73 Å². The first-order valence-electron chi connectivity index (χ1n) is 7.18. The first-order chi connectivity index (χ1) is 9.74. The molecular formula is C13H29Cl3N6O. The molecule has 138 valence electrons. The van der Waals surface area contributed by atoms with E-state index < -0.39 is 0 Å². The third-order valence-electron chi connectivity index (χ3n) is 2.91. The van der Waals surface area contributed by atoms with E-state index in [2.05, 4.69) is 15.6 Å². The monoisotopic (exact) mass is 390 g/mol. The first-order valence-corrected chi connectivity index (χ1v) is 7.18. The molecule has 0 atom stereocenters. The van der Waals surface area contributed by atoms with Crippen molar-refractivity contribution in [3.63, 3.8) is 0 Å². The number of nitrogens with one attached hydrogen (secondary N) is 2. The van der Waals surface area contributed by atoms with Gasteiger partial charge in [-0.2, -0.15) is 4.98 Å². The summed E-state index contributed by atoms with van der Waals surface area (Å²) in [6, 6.07) is 1.64. The van der Waals surface area contributed by atoms with Gasteiger partial charge < -0.3 is 22.1 Å². The Morgan fingerprint density at radius 1 is 1.00 bits per heavy atom. The number of hydrogen-bond acceptors (Lipinski definition) is 6. The molecule has 0 aliphatic rings. The van der Waals surface area contributed by atoms with Crippen molar-refractivity contribution in [2.45, 2.75) is 25.8 Å². The van der Waals surface area contributed by atoms with Crippen LogP contribution < -0.4 is 27.8 Å². The maximum atomic E-state index is 11.5. The number of nitrogens with zero attached hydrogens (tertiary/aromatic N) is 2. The molecule has 0 aliphatic carbocycles. The number of hydrogen-bond donors (Lipinski definition) is 4. The zero-order valence-corrected chi connectivity index (χ0v) is 15.7. The summed E-state index contributed by atoms with van der Waals surface area (Å²) in [5.41, 5.74) is 10.6. The van der Waals surface area contributed by atoms with Crippen molar-refractivity contribution in [2.75, 3.05) is 38.5 Å².